The Morgan fingerprint density at radius 2 is 2.07 bits per heavy atom. The summed E-state index contributed by atoms with van der Waals surface area (Å²) in [4.78, 5) is 23.4. The summed E-state index contributed by atoms with van der Waals surface area (Å²) in [6, 6.07) is 3.60. The summed E-state index contributed by atoms with van der Waals surface area (Å²) in [5.41, 5.74) is 0.455. The molecule has 0 radical (unpaired) electrons. The summed E-state index contributed by atoms with van der Waals surface area (Å²) in [6.07, 6.45) is 2.73. The second kappa shape index (κ2) is 9.49. The molecule has 0 aromatic heterocycles. The Kier molecular flexibility index (Phi) is 7.32. The van der Waals surface area contributed by atoms with Gasteiger partial charge in [0.15, 0.2) is 27.9 Å². The zero-order valence-corrected chi connectivity index (χ0v) is 15.7. The number of nitrogens with one attached hydrogen (secondary N) is 1. The van der Waals surface area contributed by atoms with Gasteiger partial charge in [-0.3, -0.25) is 4.79 Å². The number of ether oxygens (including phenoxy) is 3. The van der Waals surface area contributed by atoms with Crippen LogP contribution in [0.15, 0.2) is 24.3 Å². The highest BCUT2D eigenvalue weighted by Crippen LogP contribution is 2.29. The second-order valence-corrected chi connectivity index (χ2v) is 8.13. The van der Waals surface area contributed by atoms with Crippen molar-refractivity contribution in [1.82, 2.24) is 5.32 Å². The van der Waals surface area contributed by atoms with Crippen molar-refractivity contribution in [3.63, 3.8) is 0 Å². The van der Waals surface area contributed by atoms with Crippen molar-refractivity contribution in [3.05, 3.63) is 29.8 Å². The molecule has 1 heterocycles. The number of benzene rings is 1. The number of esters is 1. The standard InChI is InChI=1S/C17H19F2NO7S/c1-25-14-8-11(2-4-13(14)27-17(18)19)3-5-16(22)26-9-15(21)20-12-6-7-28(23,24)10-12/h2-5,8,12,17H,6-7,9-10H2,1H3,(H,20,21). The number of halogens is 2. The molecule has 1 unspecified atom stereocenters. The van der Waals surface area contributed by atoms with Crippen molar-refractivity contribution < 1.29 is 41.0 Å². The summed E-state index contributed by atoms with van der Waals surface area (Å²) in [6.45, 7) is -3.55. The van der Waals surface area contributed by atoms with E-state index in [4.69, 9.17) is 9.47 Å². The van der Waals surface area contributed by atoms with Gasteiger partial charge < -0.3 is 19.5 Å². The number of alkyl halides is 2. The fourth-order valence-electron chi connectivity index (χ4n) is 2.51. The number of hydrogen-bond donors (Lipinski definition) is 1. The molecule has 1 aromatic carbocycles. The molecule has 1 saturated heterocycles. The first-order valence-electron chi connectivity index (χ1n) is 8.16. The second-order valence-electron chi connectivity index (χ2n) is 5.90. The van der Waals surface area contributed by atoms with Crippen LogP contribution in [-0.4, -0.2) is 58.2 Å². The Morgan fingerprint density at radius 1 is 1.32 bits per heavy atom. The van der Waals surface area contributed by atoms with Crippen LogP contribution in [0.3, 0.4) is 0 Å². The van der Waals surface area contributed by atoms with E-state index >= 15 is 0 Å². The van der Waals surface area contributed by atoms with Crippen molar-refractivity contribution in [3.8, 4) is 11.5 Å². The quantitative estimate of drug-likeness (QED) is 0.498. The van der Waals surface area contributed by atoms with Crippen LogP contribution in [-0.2, 0) is 24.2 Å². The van der Waals surface area contributed by atoms with Crippen molar-refractivity contribution in [2.45, 2.75) is 19.1 Å². The van der Waals surface area contributed by atoms with Crippen LogP contribution in [0.1, 0.15) is 12.0 Å². The molecule has 1 aliphatic rings. The molecule has 1 N–H and O–H groups in total. The lowest BCUT2D eigenvalue weighted by Crippen LogP contribution is -2.38. The van der Waals surface area contributed by atoms with Crippen LogP contribution in [0.5, 0.6) is 11.5 Å². The smallest absolute Gasteiger partial charge is 0.387 e. The van der Waals surface area contributed by atoms with Gasteiger partial charge >= 0.3 is 12.6 Å². The molecule has 28 heavy (non-hydrogen) atoms. The van der Waals surface area contributed by atoms with E-state index in [2.05, 4.69) is 10.1 Å². The van der Waals surface area contributed by atoms with Crippen LogP contribution in [0.4, 0.5) is 8.78 Å². The predicted molar refractivity (Wildman–Crippen MR) is 94.8 cm³/mol. The molecular formula is C17H19F2NO7S. The monoisotopic (exact) mass is 419 g/mol. The van der Waals surface area contributed by atoms with Gasteiger partial charge in [-0.15, -0.1) is 0 Å². The Morgan fingerprint density at radius 3 is 2.68 bits per heavy atom. The molecule has 1 aromatic rings. The van der Waals surface area contributed by atoms with Gasteiger partial charge in [0, 0.05) is 12.1 Å². The summed E-state index contributed by atoms with van der Waals surface area (Å²) < 4.78 is 61.3. The molecule has 0 spiro atoms. The predicted octanol–water partition coefficient (Wildman–Crippen LogP) is 1.16. The Labute approximate surface area is 160 Å². The first kappa shape index (κ1) is 21.6. The van der Waals surface area contributed by atoms with E-state index in [1.165, 1.54) is 31.4 Å². The largest absolute Gasteiger partial charge is 0.493 e. The van der Waals surface area contributed by atoms with E-state index in [0.717, 1.165) is 6.08 Å². The minimum atomic E-state index is -3.12. The molecule has 1 atom stereocenters. The average molecular weight is 419 g/mol. The van der Waals surface area contributed by atoms with Crippen LogP contribution in [0, 0.1) is 0 Å². The van der Waals surface area contributed by atoms with E-state index in [1.807, 2.05) is 0 Å². The first-order valence-corrected chi connectivity index (χ1v) is 9.98. The van der Waals surface area contributed by atoms with E-state index in [0.29, 0.717) is 12.0 Å². The lowest BCUT2D eigenvalue weighted by Gasteiger charge is -2.10. The van der Waals surface area contributed by atoms with Crippen molar-refractivity contribution in [1.29, 1.82) is 0 Å². The number of carbonyl (C=O) groups excluding carboxylic acids is 2. The van der Waals surface area contributed by atoms with E-state index in [-0.39, 0.29) is 23.0 Å². The first-order chi connectivity index (χ1) is 13.2. The number of carbonyl (C=O) groups is 2. The van der Waals surface area contributed by atoms with Gasteiger partial charge in [0.2, 0.25) is 0 Å². The Bertz CT molecular complexity index is 855. The Balaban J connectivity index is 1.83. The third-order valence-corrected chi connectivity index (χ3v) is 5.53. The maximum absolute atomic E-state index is 12.3. The lowest BCUT2D eigenvalue weighted by atomic mass is 10.2. The molecule has 154 valence electrons. The zero-order chi connectivity index (χ0) is 20.7. The third-order valence-electron chi connectivity index (χ3n) is 3.76. The third kappa shape index (κ3) is 6.80. The van der Waals surface area contributed by atoms with Crippen molar-refractivity contribution in [2.75, 3.05) is 25.2 Å². The van der Waals surface area contributed by atoms with Crippen molar-refractivity contribution >= 4 is 27.8 Å². The van der Waals surface area contributed by atoms with Crippen LogP contribution in [0.25, 0.3) is 6.08 Å². The highest BCUT2D eigenvalue weighted by atomic mass is 32.2. The molecule has 0 bridgehead atoms. The lowest BCUT2D eigenvalue weighted by molar-refractivity contribution is -0.143. The minimum absolute atomic E-state index is 0.0189. The van der Waals surface area contributed by atoms with Gasteiger partial charge in [0.05, 0.1) is 18.6 Å². The Hall–Kier alpha value is -2.69. The van der Waals surface area contributed by atoms with E-state index in [1.54, 1.807) is 0 Å². The average Bonchev–Trinajstić information content (AvgIpc) is 2.96. The topological polar surface area (TPSA) is 108 Å². The number of sulfone groups is 1. The molecule has 2 rings (SSSR count). The summed E-state index contributed by atoms with van der Waals surface area (Å²) in [5, 5.41) is 2.49. The van der Waals surface area contributed by atoms with Gasteiger partial charge in [0.1, 0.15) is 0 Å². The van der Waals surface area contributed by atoms with Gasteiger partial charge in [0.25, 0.3) is 5.91 Å². The van der Waals surface area contributed by atoms with Gasteiger partial charge in [-0.25, -0.2) is 13.2 Å². The molecular weight excluding hydrogens is 400 g/mol. The molecule has 1 aliphatic heterocycles. The zero-order valence-electron chi connectivity index (χ0n) is 14.9. The molecule has 8 nitrogen and oxygen atoms in total. The summed E-state index contributed by atoms with van der Waals surface area (Å²) >= 11 is 0. The van der Waals surface area contributed by atoms with Crippen LogP contribution >= 0.6 is 0 Å². The van der Waals surface area contributed by atoms with Crippen LogP contribution in [0.2, 0.25) is 0 Å². The van der Waals surface area contributed by atoms with Crippen LogP contribution < -0.4 is 14.8 Å². The minimum Gasteiger partial charge on any atom is -0.493 e. The van der Waals surface area contributed by atoms with Gasteiger partial charge in [-0.05, 0) is 30.2 Å². The van der Waals surface area contributed by atoms with Crippen molar-refractivity contribution in [2.24, 2.45) is 0 Å². The molecule has 1 fully saturated rings. The van der Waals surface area contributed by atoms with Gasteiger partial charge in [-0.1, -0.05) is 6.07 Å². The summed E-state index contributed by atoms with van der Waals surface area (Å²) in [7, 11) is -1.84. The molecule has 11 heteroatoms. The molecule has 0 aliphatic carbocycles. The van der Waals surface area contributed by atoms with E-state index in [9.17, 15) is 26.8 Å². The fraction of sp³-hybridized carbons (Fsp3) is 0.412. The summed E-state index contributed by atoms with van der Waals surface area (Å²) in [5.74, 6) is -1.60. The number of amides is 1. The SMILES string of the molecule is COc1cc(C=CC(=O)OCC(=O)NC2CCS(=O)(=O)C2)ccc1OC(F)F. The highest BCUT2D eigenvalue weighted by molar-refractivity contribution is 7.91. The maximum Gasteiger partial charge on any atom is 0.387 e. The fourth-order valence-corrected chi connectivity index (χ4v) is 4.18. The van der Waals surface area contributed by atoms with E-state index < -0.39 is 41.0 Å². The molecule has 1 amide bonds. The van der Waals surface area contributed by atoms with Gasteiger partial charge in [-0.2, -0.15) is 8.78 Å². The number of methoxy groups -OCH3 is 1. The highest BCUT2D eigenvalue weighted by Gasteiger charge is 2.28. The normalized spacial score (nSPS) is 18.2. The maximum atomic E-state index is 12.3. The number of hydrogen-bond acceptors (Lipinski definition) is 7. The molecule has 0 saturated carbocycles. The number of rotatable bonds is 8.